The summed E-state index contributed by atoms with van der Waals surface area (Å²) in [6.07, 6.45) is 0. The molecule has 46 heavy (non-hydrogen) atoms. The van der Waals surface area contributed by atoms with E-state index in [1.54, 1.807) is 42.5 Å². The van der Waals surface area contributed by atoms with Gasteiger partial charge >= 0.3 is 11.9 Å². The van der Waals surface area contributed by atoms with Gasteiger partial charge in [-0.25, -0.2) is 9.59 Å². The van der Waals surface area contributed by atoms with Gasteiger partial charge in [-0.2, -0.15) is 0 Å². The highest BCUT2D eigenvalue weighted by Crippen LogP contribution is 2.24. The summed E-state index contributed by atoms with van der Waals surface area (Å²) in [7, 11) is -4.17. The van der Waals surface area contributed by atoms with E-state index in [9.17, 15) is 29.4 Å². The van der Waals surface area contributed by atoms with Gasteiger partial charge in [-0.15, -0.1) is 0 Å². The van der Waals surface area contributed by atoms with Gasteiger partial charge in [0, 0.05) is 12.7 Å². The van der Waals surface area contributed by atoms with Crippen LogP contribution >= 0.6 is 0 Å². The first kappa shape index (κ1) is 33.8. The highest BCUT2D eigenvalue weighted by Gasteiger charge is 2.37. The van der Waals surface area contributed by atoms with Crippen LogP contribution in [0.2, 0.25) is 26.2 Å². The molecule has 0 saturated carbocycles. The molecule has 2 amide bonds. The Kier molecular flexibility index (Phi) is 9.95. The van der Waals surface area contributed by atoms with Crippen molar-refractivity contribution < 1.29 is 38.2 Å². The summed E-state index contributed by atoms with van der Waals surface area (Å²) in [6.45, 7) is 9.70. The van der Waals surface area contributed by atoms with Crippen LogP contribution in [0.3, 0.4) is 0 Å². The third kappa shape index (κ3) is 7.77. The van der Waals surface area contributed by atoms with E-state index >= 15 is 0 Å². The SMILES string of the molecule is CNC(=O)c1ccc([Si](C)(C)O[Si](C)(C)c2ccc(C(=O)O)c(C(=O)Nc3ccc(Oc4ccc(C)cc4)cc3)c2)cc1C(=O)O. The Labute approximate surface area is 269 Å². The predicted molar refractivity (Wildman–Crippen MR) is 181 cm³/mol. The number of hydrogen-bond donors (Lipinski definition) is 4. The Hall–Kier alpha value is -5.05. The zero-order chi connectivity index (χ0) is 33.8. The smallest absolute Gasteiger partial charge is 0.336 e. The van der Waals surface area contributed by atoms with E-state index < -0.39 is 40.4 Å². The molecular formula is C34H36N2O8Si2. The van der Waals surface area contributed by atoms with Gasteiger partial charge in [0.1, 0.15) is 11.5 Å². The fraction of sp³-hybridized carbons (Fsp3) is 0.176. The summed E-state index contributed by atoms with van der Waals surface area (Å²) in [6, 6.07) is 23.6. The number of aryl methyl sites for hydroxylation is 1. The standard InChI is InChI=1S/C34H36N2O8Si2/c1-21-7-11-23(12-8-21)43-24-13-9-22(10-14-24)36-32(38)29-19-25(16-18-28(29)33(39)40)45(3,4)44-46(5,6)26-15-17-27(31(37)35-2)30(20-26)34(41)42/h7-20H,1-6H3,(H,35,37)(H,36,38)(H,39,40)(H,41,42). The van der Waals surface area contributed by atoms with Crippen molar-refractivity contribution in [1.82, 2.24) is 5.32 Å². The van der Waals surface area contributed by atoms with Crippen LogP contribution in [0.4, 0.5) is 5.69 Å². The van der Waals surface area contributed by atoms with Crippen LogP contribution in [0, 0.1) is 6.92 Å². The number of hydrogen-bond acceptors (Lipinski definition) is 6. The number of benzene rings is 4. The summed E-state index contributed by atoms with van der Waals surface area (Å²) >= 11 is 0. The largest absolute Gasteiger partial charge is 0.478 e. The molecule has 0 heterocycles. The predicted octanol–water partition coefficient (Wildman–Crippen LogP) is 5.34. The van der Waals surface area contributed by atoms with Crippen molar-refractivity contribution in [2.45, 2.75) is 33.1 Å². The molecule has 0 radical (unpaired) electrons. The van der Waals surface area contributed by atoms with Crippen LogP contribution in [-0.4, -0.2) is 57.6 Å². The van der Waals surface area contributed by atoms with Crippen molar-refractivity contribution >= 4 is 56.4 Å². The number of ether oxygens (including phenoxy) is 1. The number of aromatic carboxylic acids is 2. The summed E-state index contributed by atoms with van der Waals surface area (Å²) in [4.78, 5) is 49.7. The van der Waals surface area contributed by atoms with Gasteiger partial charge in [-0.05, 0) is 104 Å². The first-order valence-electron chi connectivity index (χ1n) is 14.4. The monoisotopic (exact) mass is 656 g/mol. The molecule has 12 heteroatoms. The first-order valence-corrected chi connectivity index (χ1v) is 20.3. The normalized spacial score (nSPS) is 11.4. The van der Waals surface area contributed by atoms with Crippen LogP contribution in [0.25, 0.3) is 0 Å². The fourth-order valence-corrected chi connectivity index (χ4v) is 13.0. The molecule has 4 N–H and O–H groups in total. The molecule has 0 spiro atoms. The number of carbonyl (C=O) groups excluding carboxylic acids is 2. The second-order valence-corrected chi connectivity index (χ2v) is 19.7. The zero-order valence-electron chi connectivity index (χ0n) is 26.4. The number of carbonyl (C=O) groups is 4. The Balaban J connectivity index is 1.58. The molecular weight excluding hydrogens is 621 g/mol. The van der Waals surface area contributed by atoms with Crippen LogP contribution in [0.1, 0.15) is 47.0 Å². The maximum atomic E-state index is 13.4. The number of amides is 2. The molecule has 0 saturated heterocycles. The van der Waals surface area contributed by atoms with Gasteiger partial charge in [0.05, 0.1) is 22.3 Å². The van der Waals surface area contributed by atoms with Crippen molar-refractivity contribution in [2.24, 2.45) is 0 Å². The van der Waals surface area contributed by atoms with Crippen molar-refractivity contribution in [3.63, 3.8) is 0 Å². The minimum atomic E-state index is -2.81. The summed E-state index contributed by atoms with van der Waals surface area (Å²) in [5.41, 5.74) is 1.32. The third-order valence-corrected chi connectivity index (χ3v) is 15.0. The molecule has 0 fully saturated rings. The number of anilines is 1. The maximum Gasteiger partial charge on any atom is 0.336 e. The van der Waals surface area contributed by atoms with Crippen molar-refractivity contribution in [3.8, 4) is 11.5 Å². The van der Waals surface area contributed by atoms with Crippen LogP contribution in [0.15, 0.2) is 84.9 Å². The third-order valence-electron chi connectivity index (χ3n) is 7.49. The highest BCUT2D eigenvalue weighted by molar-refractivity contribution is 6.97. The molecule has 4 aromatic carbocycles. The molecule has 0 aromatic heterocycles. The molecule has 0 bridgehead atoms. The first-order chi connectivity index (χ1) is 21.6. The van der Waals surface area contributed by atoms with Gasteiger partial charge in [-0.3, -0.25) is 9.59 Å². The molecule has 4 rings (SSSR count). The van der Waals surface area contributed by atoms with E-state index in [1.807, 2.05) is 57.4 Å². The Bertz CT molecular complexity index is 1800. The average Bonchev–Trinajstić information content (AvgIpc) is 3.01. The lowest BCUT2D eigenvalue weighted by Gasteiger charge is -2.35. The molecule has 0 aliphatic carbocycles. The van der Waals surface area contributed by atoms with Gasteiger partial charge in [-0.1, -0.05) is 29.8 Å². The molecule has 4 aromatic rings. The van der Waals surface area contributed by atoms with Crippen molar-refractivity contribution in [1.29, 1.82) is 0 Å². The summed E-state index contributed by atoms with van der Waals surface area (Å²) < 4.78 is 12.6. The summed E-state index contributed by atoms with van der Waals surface area (Å²) in [5.74, 6) is -2.32. The topological polar surface area (TPSA) is 151 Å². The Morgan fingerprint density at radius 1 is 0.609 bits per heavy atom. The molecule has 238 valence electrons. The highest BCUT2D eigenvalue weighted by atomic mass is 28.4. The number of carboxylic acids is 2. The number of carboxylic acid groups (broad SMARTS) is 2. The minimum Gasteiger partial charge on any atom is -0.478 e. The van der Waals surface area contributed by atoms with Gasteiger partial charge in [0.15, 0.2) is 0 Å². The van der Waals surface area contributed by atoms with Gasteiger partial charge < -0.3 is 29.7 Å². The van der Waals surface area contributed by atoms with Gasteiger partial charge in [0.2, 0.25) is 16.6 Å². The summed E-state index contributed by atoms with van der Waals surface area (Å²) in [5, 5.41) is 26.2. The second kappa shape index (κ2) is 13.5. The zero-order valence-corrected chi connectivity index (χ0v) is 28.4. The van der Waals surface area contributed by atoms with Crippen LogP contribution < -0.4 is 25.7 Å². The minimum absolute atomic E-state index is 0.0169. The van der Waals surface area contributed by atoms with Crippen molar-refractivity contribution in [3.05, 3.63) is 113 Å². The Morgan fingerprint density at radius 3 is 1.59 bits per heavy atom. The van der Waals surface area contributed by atoms with E-state index in [0.29, 0.717) is 27.6 Å². The average molecular weight is 657 g/mol. The van der Waals surface area contributed by atoms with E-state index in [0.717, 1.165) is 5.56 Å². The molecule has 0 unspecified atom stereocenters. The lowest BCUT2D eigenvalue weighted by molar-refractivity contribution is 0.0683. The number of rotatable bonds is 11. The molecule has 0 aliphatic rings. The molecule has 0 atom stereocenters. The quantitative estimate of drug-likeness (QED) is 0.158. The van der Waals surface area contributed by atoms with Crippen LogP contribution in [0.5, 0.6) is 11.5 Å². The van der Waals surface area contributed by atoms with E-state index in [-0.39, 0.29) is 22.3 Å². The maximum absolute atomic E-state index is 13.4. The van der Waals surface area contributed by atoms with Crippen LogP contribution in [-0.2, 0) is 4.12 Å². The van der Waals surface area contributed by atoms with Gasteiger partial charge in [0.25, 0.3) is 11.8 Å². The molecule has 0 aliphatic heterocycles. The molecule has 10 nitrogen and oxygen atoms in total. The number of nitrogens with one attached hydrogen (secondary N) is 2. The fourth-order valence-electron chi connectivity index (χ4n) is 5.02. The second-order valence-electron chi connectivity index (χ2n) is 11.7. The van der Waals surface area contributed by atoms with E-state index in [1.165, 1.54) is 25.2 Å². The van der Waals surface area contributed by atoms with Crippen molar-refractivity contribution in [2.75, 3.05) is 12.4 Å². The Morgan fingerprint density at radius 2 is 1.09 bits per heavy atom. The van der Waals surface area contributed by atoms with E-state index in [4.69, 9.17) is 8.85 Å². The van der Waals surface area contributed by atoms with E-state index in [2.05, 4.69) is 10.6 Å². The lowest BCUT2D eigenvalue weighted by Crippen LogP contribution is -2.58. The lowest BCUT2D eigenvalue weighted by atomic mass is 10.1.